The van der Waals surface area contributed by atoms with Gasteiger partial charge in [-0.2, -0.15) is 15.0 Å². The van der Waals surface area contributed by atoms with E-state index in [-0.39, 0.29) is 11.9 Å². The highest BCUT2D eigenvalue weighted by atomic mass is 32.2. The lowest BCUT2D eigenvalue weighted by atomic mass is 10.1. The third kappa shape index (κ3) is 3.53. The molecule has 2 aromatic heterocycles. The summed E-state index contributed by atoms with van der Waals surface area (Å²) in [4.78, 5) is 26.5. The van der Waals surface area contributed by atoms with Crippen LogP contribution >= 0.6 is 11.8 Å². The van der Waals surface area contributed by atoms with E-state index < -0.39 is 0 Å². The predicted octanol–water partition coefficient (Wildman–Crippen LogP) is 4.32. The molecule has 7 nitrogen and oxygen atoms in total. The fraction of sp³-hybridized carbons (Fsp3) is 0.217. The van der Waals surface area contributed by atoms with Gasteiger partial charge in [0.25, 0.3) is 5.91 Å². The van der Waals surface area contributed by atoms with E-state index in [0.29, 0.717) is 24.2 Å². The quantitative estimate of drug-likeness (QED) is 0.385. The van der Waals surface area contributed by atoms with Crippen LogP contribution in [0.15, 0.2) is 65.8 Å². The molecule has 1 aliphatic heterocycles. The average molecular weight is 431 g/mol. The van der Waals surface area contributed by atoms with Gasteiger partial charge in [0.15, 0.2) is 0 Å². The van der Waals surface area contributed by atoms with Gasteiger partial charge < -0.3 is 9.88 Å². The number of amides is 1. The third-order valence-electron chi connectivity index (χ3n) is 5.55. The van der Waals surface area contributed by atoms with Crippen molar-refractivity contribution in [3.8, 4) is 5.69 Å². The number of H-pyrrole nitrogens is 1. The van der Waals surface area contributed by atoms with Crippen LogP contribution in [0, 0.1) is 6.92 Å². The number of carbonyl (C=O) groups excluding carboxylic acids is 1. The largest absolute Gasteiger partial charge is 0.340 e. The summed E-state index contributed by atoms with van der Waals surface area (Å²) >= 11 is 1.68. The van der Waals surface area contributed by atoms with Crippen molar-refractivity contribution in [3.63, 3.8) is 0 Å². The van der Waals surface area contributed by atoms with Gasteiger partial charge in [-0.05, 0) is 49.9 Å². The maximum atomic E-state index is 13.7. The predicted molar refractivity (Wildman–Crippen MR) is 122 cm³/mol. The molecule has 1 N–H and O–H groups in total. The lowest BCUT2D eigenvalue weighted by molar-refractivity contribution is 0.0732. The zero-order valence-corrected chi connectivity index (χ0v) is 18.2. The Hall–Kier alpha value is -3.39. The van der Waals surface area contributed by atoms with Gasteiger partial charge >= 0.3 is 0 Å². The first-order valence-corrected chi connectivity index (χ1v) is 11.2. The zero-order chi connectivity index (χ0) is 21.5. The summed E-state index contributed by atoms with van der Waals surface area (Å²) in [7, 11) is 0. The van der Waals surface area contributed by atoms with Gasteiger partial charge in [-0.3, -0.25) is 4.79 Å². The molecule has 1 aliphatic rings. The van der Waals surface area contributed by atoms with E-state index in [1.54, 1.807) is 24.2 Å². The van der Waals surface area contributed by atoms with Gasteiger partial charge in [0, 0.05) is 11.4 Å². The molecule has 1 atom stereocenters. The molecule has 1 fully saturated rings. The van der Waals surface area contributed by atoms with Crippen LogP contribution in [0.25, 0.3) is 16.7 Å². The maximum absolute atomic E-state index is 13.7. The molecule has 0 saturated carbocycles. The van der Waals surface area contributed by atoms with Crippen molar-refractivity contribution in [2.45, 2.75) is 24.3 Å². The first-order valence-electron chi connectivity index (χ1n) is 10.0. The van der Waals surface area contributed by atoms with Crippen molar-refractivity contribution >= 4 is 28.7 Å². The van der Waals surface area contributed by atoms with Crippen molar-refractivity contribution in [1.29, 1.82) is 0 Å². The summed E-state index contributed by atoms with van der Waals surface area (Å²) in [6, 6.07) is 11.7. The molecule has 8 heteroatoms. The normalized spacial score (nSPS) is 16.4. The summed E-state index contributed by atoms with van der Waals surface area (Å²) < 4.78 is 0. The van der Waals surface area contributed by atoms with Crippen LogP contribution in [0.2, 0.25) is 0 Å². The Bertz CT molecular complexity index is 1290. The first kappa shape index (κ1) is 19.6. The smallest absolute Gasteiger partial charge is 0.257 e. The second-order valence-corrected chi connectivity index (χ2v) is 8.63. The van der Waals surface area contributed by atoms with Gasteiger partial charge in [-0.25, -0.2) is 4.98 Å². The number of hydrogen-bond donors (Lipinski definition) is 1. The van der Waals surface area contributed by atoms with E-state index in [1.807, 2.05) is 42.3 Å². The number of likely N-dealkylation sites (tertiary alicyclic amines) is 1. The summed E-state index contributed by atoms with van der Waals surface area (Å²) in [5.74, 6) is 0.705. The van der Waals surface area contributed by atoms with Gasteiger partial charge in [0.2, 0.25) is 0 Å². The van der Waals surface area contributed by atoms with Crippen molar-refractivity contribution in [1.82, 2.24) is 29.9 Å². The Kier molecular flexibility index (Phi) is 4.86. The van der Waals surface area contributed by atoms with Gasteiger partial charge in [0.05, 0.1) is 40.7 Å². The molecular weight excluding hydrogens is 408 g/mol. The highest BCUT2D eigenvalue weighted by Gasteiger charge is 2.35. The fourth-order valence-corrected chi connectivity index (χ4v) is 4.47. The number of aromatic nitrogens is 5. The molecule has 0 bridgehead atoms. The number of aromatic amines is 1. The lowest BCUT2D eigenvalue weighted by Crippen LogP contribution is -2.32. The highest BCUT2D eigenvalue weighted by molar-refractivity contribution is 7.98. The highest BCUT2D eigenvalue weighted by Crippen LogP contribution is 2.36. The van der Waals surface area contributed by atoms with E-state index in [1.165, 1.54) is 4.80 Å². The Morgan fingerprint density at radius 3 is 2.77 bits per heavy atom. The minimum absolute atomic E-state index is 0.0788. The van der Waals surface area contributed by atoms with Crippen LogP contribution in [0.1, 0.15) is 34.2 Å². The molecule has 5 rings (SSSR count). The number of imidazole rings is 1. The third-order valence-corrected chi connectivity index (χ3v) is 6.28. The molecule has 1 amide bonds. The molecule has 4 aromatic rings. The van der Waals surface area contributed by atoms with E-state index in [2.05, 4.69) is 33.9 Å². The summed E-state index contributed by atoms with van der Waals surface area (Å²) in [5, 5.41) is 8.44. The molecule has 2 aromatic carbocycles. The van der Waals surface area contributed by atoms with Gasteiger partial charge in [0.1, 0.15) is 5.82 Å². The Morgan fingerprint density at radius 1 is 1.19 bits per heavy atom. The fourth-order valence-electron chi connectivity index (χ4n) is 4.04. The molecule has 0 aliphatic carbocycles. The van der Waals surface area contributed by atoms with E-state index in [0.717, 1.165) is 32.9 Å². The molecule has 156 valence electrons. The average Bonchev–Trinajstić information content (AvgIpc) is 3.51. The van der Waals surface area contributed by atoms with Crippen LogP contribution in [0.4, 0.5) is 0 Å². The Labute approximate surface area is 184 Å². The van der Waals surface area contributed by atoms with Crippen molar-refractivity contribution < 1.29 is 4.79 Å². The van der Waals surface area contributed by atoms with Crippen LogP contribution in [-0.4, -0.2) is 48.6 Å². The van der Waals surface area contributed by atoms with Crippen molar-refractivity contribution in [2.24, 2.45) is 0 Å². The molecule has 1 saturated heterocycles. The number of rotatable bonds is 4. The second kappa shape index (κ2) is 7.70. The topological polar surface area (TPSA) is 79.7 Å². The number of nitrogens with zero attached hydrogens (tertiary/aromatic N) is 5. The number of thioether (sulfide) groups is 1. The van der Waals surface area contributed by atoms with Crippen LogP contribution < -0.4 is 0 Å². The number of carbonyl (C=O) groups is 1. The summed E-state index contributed by atoms with van der Waals surface area (Å²) in [5.41, 5.74) is 5.11. The number of benzene rings is 2. The van der Waals surface area contributed by atoms with Crippen LogP contribution in [0.5, 0.6) is 0 Å². The standard InChI is InChI=1S/C23H22N6OS/c1-14-4-7-20(29-24-8-9-25-29)17(10-14)23(30)28-13-15(2)11-21(28)22-26-18-6-5-16(31-3)12-19(18)27-22/h4-10,12,21H,2,11,13H2,1,3H3,(H,26,27)/t21-/m0/s1. The van der Waals surface area contributed by atoms with Gasteiger partial charge in [-0.15, -0.1) is 11.8 Å². The Balaban J connectivity index is 1.55. The van der Waals surface area contributed by atoms with E-state index in [4.69, 9.17) is 4.98 Å². The first-order chi connectivity index (χ1) is 15.0. The Morgan fingerprint density at radius 2 is 2.00 bits per heavy atom. The number of fused-ring (bicyclic) bond motifs is 1. The molecule has 3 heterocycles. The zero-order valence-electron chi connectivity index (χ0n) is 17.4. The van der Waals surface area contributed by atoms with Gasteiger partial charge in [-0.1, -0.05) is 23.8 Å². The summed E-state index contributed by atoms with van der Waals surface area (Å²) in [6.07, 6.45) is 5.93. The van der Waals surface area contributed by atoms with Crippen LogP contribution in [-0.2, 0) is 0 Å². The molecule has 0 unspecified atom stereocenters. The van der Waals surface area contributed by atoms with Crippen LogP contribution in [0.3, 0.4) is 0 Å². The van der Waals surface area contributed by atoms with Crippen molar-refractivity contribution in [3.05, 3.63) is 77.9 Å². The molecule has 0 radical (unpaired) electrons. The number of nitrogens with one attached hydrogen (secondary N) is 1. The molecule has 31 heavy (non-hydrogen) atoms. The molecular formula is C23H22N6OS. The SMILES string of the molecule is C=C1C[C@@H](c2nc3cc(SC)ccc3[nH]2)N(C(=O)c2cc(C)ccc2-n2nccn2)C1. The number of hydrogen-bond acceptors (Lipinski definition) is 5. The minimum atomic E-state index is -0.191. The minimum Gasteiger partial charge on any atom is -0.340 e. The molecule has 0 spiro atoms. The van der Waals surface area contributed by atoms with Crippen molar-refractivity contribution in [2.75, 3.05) is 12.8 Å². The summed E-state index contributed by atoms with van der Waals surface area (Å²) in [6.45, 7) is 6.63. The number of aryl methyl sites for hydroxylation is 1. The van der Waals surface area contributed by atoms with E-state index >= 15 is 0 Å². The van der Waals surface area contributed by atoms with E-state index in [9.17, 15) is 4.79 Å². The maximum Gasteiger partial charge on any atom is 0.257 e. The monoisotopic (exact) mass is 430 g/mol. The second-order valence-electron chi connectivity index (χ2n) is 7.75. The lowest BCUT2D eigenvalue weighted by Gasteiger charge is -2.24.